The zero-order valence-electron chi connectivity index (χ0n) is 11.8. The zero-order valence-corrected chi connectivity index (χ0v) is 14.1. The summed E-state index contributed by atoms with van der Waals surface area (Å²) in [4.78, 5) is 0. The Hall–Kier alpha value is -0.830. The molecule has 1 atom stereocenters. The van der Waals surface area contributed by atoms with Crippen molar-refractivity contribution in [3.05, 3.63) is 68.7 Å². The normalized spacial score (nSPS) is 12.4. The number of hydrogen-bond acceptors (Lipinski definition) is 1. The third-order valence-electron chi connectivity index (χ3n) is 3.42. The Labute approximate surface area is 134 Å². The molecule has 0 heterocycles. The summed E-state index contributed by atoms with van der Waals surface area (Å²) < 4.78 is 1.11. The molecule has 2 rings (SSSR count). The summed E-state index contributed by atoms with van der Waals surface area (Å²) in [6.45, 7) is 5.21. The first kappa shape index (κ1) is 15.6. The second kappa shape index (κ2) is 7.26. The molecule has 2 aromatic rings. The van der Waals surface area contributed by atoms with Gasteiger partial charge in [0.2, 0.25) is 0 Å². The number of nitrogens with one attached hydrogen (secondary N) is 1. The Kier molecular flexibility index (Phi) is 5.64. The lowest BCUT2D eigenvalue weighted by molar-refractivity contribution is 0.547. The van der Waals surface area contributed by atoms with Crippen LogP contribution in [0.5, 0.6) is 0 Å². The summed E-state index contributed by atoms with van der Waals surface area (Å²) in [7, 11) is 0. The van der Waals surface area contributed by atoms with Crippen LogP contribution in [0.2, 0.25) is 5.02 Å². The molecule has 0 radical (unpaired) electrons. The largest absolute Gasteiger partial charge is 0.310 e. The number of aryl methyl sites for hydroxylation is 1. The van der Waals surface area contributed by atoms with E-state index in [0.717, 1.165) is 22.5 Å². The predicted octanol–water partition coefficient (Wildman–Crippen LogP) is 5.30. The third-order valence-corrected chi connectivity index (χ3v) is 4.18. The van der Waals surface area contributed by atoms with E-state index in [-0.39, 0.29) is 0 Å². The highest BCUT2D eigenvalue weighted by molar-refractivity contribution is 9.10. The SMILES string of the molecule is CCNC(Cc1ccc(Br)cc1)c1cc(Cl)ccc1C. The summed E-state index contributed by atoms with van der Waals surface area (Å²) in [6.07, 6.45) is 0.961. The fraction of sp³-hybridized carbons (Fsp3) is 0.294. The van der Waals surface area contributed by atoms with Gasteiger partial charge in [-0.3, -0.25) is 0 Å². The van der Waals surface area contributed by atoms with E-state index >= 15 is 0 Å². The number of likely N-dealkylation sites (N-methyl/N-ethyl adjacent to an activating group) is 1. The van der Waals surface area contributed by atoms with Gasteiger partial charge in [0, 0.05) is 15.5 Å². The van der Waals surface area contributed by atoms with Crippen LogP contribution in [0.1, 0.15) is 29.7 Å². The molecule has 1 nitrogen and oxygen atoms in total. The van der Waals surface area contributed by atoms with E-state index in [1.54, 1.807) is 0 Å². The van der Waals surface area contributed by atoms with Gasteiger partial charge in [-0.2, -0.15) is 0 Å². The quantitative estimate of drug-likeness (QED) is 0.769. The minimum absolute atomic E-state index is 0.292. The van der Waals surface area contributed by atoms with Crippen LogP contribution in [0.3, 0.4) is 0 Å². The number of hydrogen-bond donors (Lipinski definition) is 1. The topological polar surface area (TPSA) is 12.0 Å². The molecule has 1 unspecified atom stereocenters. The van der Waals surface area contributed by atoms with Crippen LogP contribution >= 0.6 is 27.5 Å². The lowest BCUT2D eigenvalue weighted by Gasteiger charge is -2.21. The maximum Gasteiger partial charge on any atom is 0.0409 e. The Balaban J connectivity index is 2.26. The standard InChI is InChI=1S/C17H19BrClN/c1-3-20-17(10-13-5-7-14(18)8-6-13)16-11-15(19)9-4-12(16)2/h4-9,11,17,20H,3,10H2,1-2H3. The number of rotatable bonds is 5. The van der Waals surface area contributed by atoms with Gasteiger partial charge in [-0.05, 0) is 60.8 Å². The van der Waals surface area contributed by atoms with Crippen molar-refractivity contribution >= 4 is 27.5 Å². The van der Waals surface area contributed by atoms with Crippen molar-refractivity contribution in [2.75, 3.05) is 6.54 Å². The van der Waals surface area contributed by atoms with Crippen molar-refractivity contribution < 1.29 is 0 Å². The molecule has 3 heteroatoms. The molecule has 20 heavy (non-hydrogen) atoms. The highest BCUT2D eigenvalue weighted by atomic mass is 79.9. The zero-order chi connectivity index (χ0) is 14.5. The van der Waals surface area contributed by atoms with E-state index in [0.29, 0.717) is 6.04 Å². The van der Waals surface area contributed by atoms with Gasteiger partial charge in [-0.1, -0.05) is 52.7 Å². The van der Waals surface area contributed by atoms with Crippen LogP contribution in [-0.2, 0) is 6.42 Å². The van der Waals surface area contributed by atoms with Crippen molar-refractivity contribution in [3.8, 4) is 0 Å². The Bertz CT molecular complexity index is 566. The van der Waals surface area contributed by atoms with Crippen LogP contribution in [0, 0.1) is 6.92 Å². The lowest BCUT2D eigenvalue weighted by Crippen LogP contribution is -2.23. The Morgan fingerprint density at radius 3 is 2.50 bits per heavy atom. The second-order valence-electron chi connectivity index (χ2n) is 4.94. The summed E-state index contributed by atoms with van der Waals surface area (Å²) in [6, 6.07) is 14.9. The van der Waals surface area contributed by atoms with Gasteiger partial charge in [0.05, 0.1) is 0 Å². The molecule has 0 aliphatic rings. The molecular weight excluding hydrogens is 334 g/mol. The summed E-state index contributed by atoms with van der Waals surface area (Å²) in [5.41, 5.74) is 3.87. The lowest BCUT2D eigenvalue weighted by atomic mass is 9.95. The second-order valence-corrected chi connectivity index (χ2v) is 6.29. The Morgan fingerprint density at radius 2 is 1.85 bits per heavy atom. The van der Waals surface area contributed by atoms with E-state index in [1.165, 1.54) is 16.7 Å². The van der Waals surface area contributed by atoms with Gasteiger partial charge in [-0.15, -0.1) is 0 Å². The molecule has 0 spiro atoms. The van der Waals surface area contributed by atoms with Crippen LogP contribution in [0.25, 0.3) is 0 Å². The van der Waals surface area contributed by atoms with E-state index in [9.17, 15) is 0 Å². The fourth-order valence-electron chi connectivity index (χ4n) is 2.38. The highest BCUT2D eigenvalue weighted by Gasteiger charge is 2.14. The van der Waals surface area contributed by atoms with Gasteiger partial charge in [0.1, 0.15) is 0 Å². The molecule has 0 aromatic heterocycles. The van der Waals surface area contributed by atoms with Crippen LogP contribution in [0.15, 0.2) is 46.9 Å². The predicted molar refractivity (Wildman–Crippen MR) is 90.5 cm³/mol. The number of halogens is 2. The van der Waals surface area contributed by atoms with Crippen LogP contribution in [-0.4, -0.2) is 6.54 Å². The van der Waals surface area contributed by atoms with Crippen LogP contribution < -0.4 is 5.32 Å². The molecule has 106 valence electrons. The smallest absolute Gasteiger partial charge is 0.0409 e. The molecule has 0 aliphatic heterocycles. The summed E-state index contributed by atoms with van der Waals surface area (Å²) in [5, 5.41) is 4.36. The molecule has 0 fully saturated rings. The molecule has 0 bridgehead atoms. The van der Waals surface area contributed by atoms with Gasteiger partial charge < -0.3 is 5.32 Å². The molecule has 0 amide bonds. The van der Waals surface area contributed by atoms with Crippen molar-refractivity contribution in [1.82, 2.24) is 5.32 Å². The molecule has 2 aromatic carbocycles. The van der Waals surface area contributed by atoms with E-state index in [2.05, 4.69) is 71.5 Å². The first-order valence-corrected chi connectivity index (χ1v) is 8.01. The monoisotopic (exact) mass is 351 g/mol. The van der Waals surface area contributed by atoms with E-state index < -0.39 is 0 Å². The summed E-state index contributed by atoms with van der Waals surface area (Å²) in [5.74, 6) is 0. The van der Waals surface area contributed by atoms with Gasteiger partial charge in [-0.25, -0.2) is 0 Å². The maximum atomic E-state index is 6.15. The van der Waals surface area contributed by atoms with Gasteiger partial charge in [0.15, 0.2) is 0 Å². The third kappa shape index (κ3) is 4.08. The highest BCUT2D eigenvalue weighted by Crippen LogP contribution is 2.25. The van der Waals surface area contributed by atoms with Gasteiger partial charge >= 0.3 is 0 Å². The molecule has 0 aliphatic carbocycles. The molecule has 0 saturated heterocycles. The Morgan fingerprint density at radius 1 is 1.15 bits per heavy atom. The van der Waals surface area contributed by atoms with E-state index in [1.807, 2.05) is 6.07 Å². The van der Waals surface area contributed by atoms with Crippen molar-refractivity contribution in [2.24, 2.45) is 0 Å². The van der Waals surface area contributed by atoms with Crippen molar-refractivity contribution in [2.45, 2.75) is 26.3 Å². The average molecular weight is 353 g/mol. The first-order valence-electron chi connectivity index (χ1n) is 6.84. The van der Waals surface area contributed by atoms with Gasteiger partial charge in [0.25, 0.3) is 0 Å². The molecule has 0 saturated carbocycles. The fourth-order valence-corrected chi connectivity index (χ4v) is 2.83. The first-order chi connectivity index (χ1) is 9.60. The summed E-state index contributed by atoms with van der Waals surface area (Å²) >= 11 is 9.63. The van der Waals surface area contributed by atoms with Crippen molar-refractivity contribution in [3.63, 3.8) is 0 Å². The molecular formula is C17H19BrClN. The maximum absolute atomic E-state index is 6.15. The van der Waals surface area contributed by atoms with Crippen LogP contribution in [0.4, 0.5) is 0 Å². The number of benzene rings is 2. The molecule has 1 N–H and O–H groups in total. The average Bonchev–Trinajstić information content (AvgIpc) is 2.43. The van der Waals surface area contributed by atoms with E-state index in [4.69, 9.17) is 11.6 Å². The van der Waals surface area contributed by atoms with Crippen molar-refractivity contribution in [1.29, 1.82) is 0 Å². The minimum atomic E-state index is 0.292. The minimum Gasteiger partial charge on any atom is -0.310 e.